The molecule has 10 heteroatoms. The van der Waals surface area contributed by atoms with E-state index in [9.17, 15) is 18.0 Å². The van der Waals surface area contributed by atoms with Crippen LogP contribution in [0.25, 0.3) is 22.3 Å². The molecular formula is C22H19F3N6O. The summed E-state index contributed by atoms with van der Waals surface area (Å²) in [5.74, 6) is -4.27. The number of rotatable bonds is 2. The van der Waals surface area contributed by atoms with Crippen LogP contribution in [0.4, 0.5) is 13.2 Å². The summed E-state index contributed by atoms with van der Waals surface area (Å²) in [5.41, 5.74) is 3.04. The molecule has 4 heterocycles. The first-order valence-electron chi connectivity index (χ1n) is 10.1. The number of hydrogen-bond donors (Lipinski definition) is 0. The molecule has 1 aliphatic heterocycles. The Morgan fingerprint density at radius 3 is 2.53 bits per heavy atom. The molecule has 0 saturated carbocycles. The second-order valence-corrected chi connectivity index (χ2v) is 7.86. The predicted molar refractivity (Wildman–Crippen MR) is 110 cm³/mol. The largest absolute Gasteiger partial charge is 0.328 e. The van der Waals surface area contributed by atoms with Gasteiger partial charge in [0.25, 0.3) is 5.91 Å². The van der Waals surface area contributed by atoms with Crippen LogP contribution in [0.1, 0.15) is 34.7 Å². The van der Waals surface area contributed by atoms with Crippen molar-refractivity contribution in [2.75, 3.05) is 6.54 Å². The zero-order chi connectivity index (χ0) is 22.7. The maximum absolute atomic E-state index is 13.8. The van der Waals surface area contributed by atoms with Crippen molar-refractivity contribution in [1.29, 1.82) is 0 Å². The summed E-state index contributed by atoms with van der Waals surface area (Å²) in [5, 5.41) is 9.57. The number of halogens is 3. The van der Waals surface area contributed by atoms with Crippen molar-refractivity contribution in [1.82, 2.24) is 29.4 Å². The Hall–Kier alpha value is -3.69. The summed E-state index contributed by atoms with van der Waals surface area (Å²) in [6.45, 7) is 2.22. The van der Waals surface area contributed by atoms with E-state index in [4.69, 9.17) is 0 Å². The first-order valence-corrected chi connectivity index (χ1v) is 10.1. The van der Waals surface area contributed by atoms with E-state index < -0.39 is 23.5 Å². The predicted octanol–water partition coefficient (Wildman–Crippen LogP) is 3.55. The van der Waals surface area contributed by atoms with Gasteiger partial charge in [-0.25, -0.2) is 22.8 Å². The fourth-order valence-corrected chi connectivity index (χ4v) is 4.46. The van der Waals surface area contributed by atoms with E-state index in [0.29, 0.717) is 41.1 Å². The van der Waals surface area contributed by atoms with Crippen molar-refractivity contribution in [3.05, 3.63) is 64.9 Å². The average Bonchev–Trinajstić information content (AvgIpc) is 3.29. The number of aryl methyl sites for hydroxylation is 2. The monoisotopic (exact) mass is 440 g/mol. The molecule has 0 bridgehead atoms. The zero-order valence-electron chi connectivity index (χ0n) is 17.6. The minimum Gasteiger partial charge on any atom is -0.328 e. The van der Waals surface area contributed by atoms with Crippen LogP contribution in [0.5, 0.6) is 0 Å². The highest BCUT2D eigenvalue weighted by Gasteiger charge is 2.35. The normalized spacial score (nSPS) is 15.9. The molecule has 0 unspecified atom stereocenters. The van der Waals surface area contributed by atoms with Crippen molar-refractivity contribution < 1.29 is 18.0 Å². The number of hydrogen-bond acceptors (Lipinski definition) is 4. The van der Waals surface area contributed by atoms with E-state index in [1.807, 2.05) is 6.92 Å². The summed E-state index contributed by atoms with van der Waals surface area (Å²) in [4.78, 5) is 19.3. The number of benzene rings is 1. The SMILES string of the molecule is C[C@H]1c2nn(C)c(-c3cc(F)c(F)c(F)c3)c2CCN1C(=O)c1nn(C)c2ncccc12. The summed E-state index contributed by atoms with van der Waals surface area (Å²) < 4.78 is 44.2. The second-order valence-electron chi connectivity index (χ2n) is 7.86. The van der Waals surface area contributed by atoms with E-state index in [-0.39, 0.29) is 11.5 Å². The van der Waals surface area contributed by atoms with E-state index in [1.165, 1.54) is 4.68 Å². The molecule has 3 aromatic heterocycles. The minimum atomic E-state index is -1.51. The first kappa shape index (κ1) is 20.2. The molecule has 1 atom stereocenters. The number of carbonyl (C=O) groups excluding carboxylic acids is 1. The Morgan fingerprint density at radius 1 is 1.09 bits per heavy atom. The Balaban J connectivity index is 1.54. The van der Waals surface area contributed by atoms with Crippen LogP contribution < -0.4 is 0 Å². The lowest BCUT2D eigenvalue weighted by atomic mass is 9.95. The molecular weight excluding hydrogens is 421 g/mol. The zero-order valence-corrected chi connectivity index (χ0v) is 17.6. The van der Waals surface area contributed by atoms with Crippen molar-refractivity contribution in [3.8, 4) is 11.3 Å². The van der Waals surface area contributed by atoms with Crippen molar-refractivity contribution >= 4 is 16.9 Å². The highest BCUT2D eigenvalue weighted by atomic mass is 19.2. The summed E-state index contributed by atoms with van der Waals surface area (Å²) in [7, 11) is 3.39. The molecule has 0 spiro atoms. The van der Waals surface area contributed by atoms with Gasteiger partial charge in [-0.2, -0.15) is 10.2 Å². The van der Waals surface area contributed by atoms with Crippen LogP contribution in [-0.2, 0) is 20.5 Å². The van der Waals surface area contributed by atoms with Crippen LogP contribution in [0.2, 0.25) is 0 Å². The van der Waals surface area contributed by atoms with Crippen molar-refractivity contribution in [3.63, 3.8) is 0 Å². The summed E-state index contributed by atoms with van der Waals surface area (Å²) >= 11 is 0. The molecule has 32 heavy (non-hydrogen) atoms. The van der Waals surface area contributed by atoms with Crippen LogP contribution in [0, 0.1) is 17.5 Å². The topological polar surface area (TPSA) is 68.8 Å². The van der Waals surface area contributed by atoms with Crippen LogP contribution in [0.3, 0.4) is 0 Å². The van der Waals surface area contributed by atoms with Gasteiger partial charge in [-0.3, -0.25) is 9.48 Å². The van der Waals surface area contributed by atoms with Crippen LogP contribution >= 0.6 is 0 Å². The molecule has 0 radical (unpaired) electrons. The molecule has 1 aromatic carbocycles. The fraction of sp³-hybridized carbons (Fsp3) is 0.273. The molecule has 0 N–H and O–H groups in total. The van der Waals surface area contributed by atoms with E-state index in [2.05, 4.69) is 15.2 Å². The van der Waals surface area contributed by atoms with Crippen LogP contribution in [-0.4, -0.2) is 41.9 Å². The van der Waals surface area contributed by atoms with Gasteiger partial charge in [0.2, 0.25) is 0 Å². The van der Waals surface area contributed by atoms with Crippen molar-refractivity contribution in [2.24, 2.45) is 14.1 Å². The Bertz CT molecular complexity index is 1370. The van der Waals surface area contributed by atoms with Crippen LogP contribution in [0.15, 0.2) is 30.5 Å². The van der Waals surface area contributed by atoms with Gasteiger partial charge in [0.1, 0.15) is 0 Å². The highest BCUT2D eigenvalue weighted by Crippen LogP contribution is 2.37. The van der Waals surface area contributed by atoms with Gasteiger partial charge >= 0.3 is 0 Å². The maximum atomic E-state index is 13.8. The van der Waals surface area contributed by atoms with Gasteiger partial charge in [-0.1, -0.05) is 0 Å². The average molecular weight is 440 g/mol. The van der Waals surface area contributed by atoms with E-state index >= 15 is 0 Å². The van der Waals surface area contributed by atoms with Gasteiger partial charge in [-0.15, -0.1) is 0 Å². The molecule has 0 aliphatic carbocycles. The Kier molecular flexibility index (Phi) is 4.54. The number of amides is 1. The van der Waals surface area contributed by atoms with Gasteiger partial charge < -0.3 is 4.90 Å². The number of fused-ring (bicyclic) bond motifs is 2. The number of pyridine rings is 1. The standard InChI is InChI=1S/C22H19F3N6O/c1-11-18-13(20(29(2)27-18)12-9-15(23)17(25)16(24)10-12)6-8-31(11)22(32)19-14-5-4-7-26-21(14)30(3)28-19/h4-5,7,9-11H,6,8H2,1-3H3/t11-/m0/s1. The Morgan fingerprint density at radius 2 is 1.81 bits per heavy atom. The molecule has 164 valence electrons. The van der Waals surface area contributed by atoms with Gasteiger partial charge in [0.15, 0.2) is 28.8 Å². The summed E-state index contributed by atoms with van der Waals surface area (Å²) in [6.07, 6.45) is 2.07. The van der Waals surface area contributed by atoms with Gasteiger partial charge in [0, 0.05) is 38.0 Å². The molecule has 5 rings (SSSR count). The molecule has 1 aliphatic rings. The van der Waals surface area contributed by atoms with Crippen molar-refractivity contribution in [2.45, 2.75) is 19.4 Å². The van der Waals surface area contributed by atoms with Gasteiger partial charge in [0.05, 0.1) is 22.8 Å². The fourth-order valence-electron chi connectivity index (χ4n) is 4.46. The lowest BCUT2D eigenvalue weighted by molar-refractivity contribution is 0.0668. The summed E-state index contributed by atoms with van der Waals surface area (Å²) in [6, 6.07) is 5.09. The third-order valence-corrected chi connectivity index (χ3v) is 5.96. The lowest BCUT2D eigenvalue weighted by Crippen LogP contribution is -2.39. The third kappa shape index (κ3) is 2.89. The van der Waals surface area contributed by atoms with Gasteiger partial charge in [-0.05, 0) is 37.6 Å². The lowest BCUT2D eigenvalue weighted by Gasteiger charge is -2.32. The smallest absolute Gasteiger partial charge is 0.275 e. The quantitative estimate of drug-likeness (QED) is 0.447. The molecule has 7 nitrogen and oxygen atoms in total. The first-order chi connectivity index (χ1) is 15.3. The molecule has 0 fully saturated rings. The highest BCUT2D eigenvalue weighted by molar-refractivity contribution is 6.04. The number of carbonyl (C=O) groups is 1. The Labute approximate surface area is 181 Å². The number of aromatic nitrogens is 5. The second kappa shape index (κ2) is 7.18. The minimum absolute atomic E-state index is 0.200. The third-order valence-electron chi connectivity index (χ3n) is 5.96. The molecule has 1 amide bonds. The van der Waals surface area contributed by atoms with E-state index in [0.717, 1.165) is 17.7 Å². The molecule has 0 saturated heterocycles. The maximum Gasteiger partial charge on any atom is 0.275 e. The molecule has 4 aromatic rings. The van der Waals surface area contributed by atoms with E-state index in [1.54, 1.807) is 42.0 Å². The number of nitrogens with zero attached hydrogens (tertiary/aromatic N) is 6.